The predicted molar refractivity (Wildman–Crippen MR) is 88.2 cm³/mol. The molecule has 9 nitrogen and oxygen atoms in total. The number of likely N-dealkylation sites (tertiary alicyclic amines) is 1. The number of carbonyl (C=O) groups excluding carboxylic acids is 4. The number of nitrogens with one attached hydrogen (secondary N) is 1. The Balaban J connectivity index is 3.16. The van der Waals surface area contributed by atoms with E-state index < -0.39 is 41.1 Å². The summed E-state index contributed by atoms with van der Waals surface area (Å²) in [6, 6.07) is -1.40. The normalized spacial score (nSPS) is 21.2. The molecule has 0 radical (unpaired) electrons. The molecule has 1 saturated heterocycles. The number of ether oxygens (including phenoxy) is 3. The molecule has 0 aromatic rings. The Hall–Kier alpha value is -1.88. The number of amides is 3. The van der Waals surface area contributed by atoms with E-state index in [4.69, 9.17) is 17.0 Å². The molecule has 1 unspecified atom stereocenters. The highest BCUT2D eigenvalue weighted by Crippen LogP contribution is 2.33. The Morgan fingerprint density at radius 1 is 1.29 bits per heavy atom. The molecule has 0 aromatic heterocycles. The SMILES string of the molecule is CCOC(=S)S[C@H]1C(=O)N(C)C(=O)[C@@H]1C(NC(=O)OC)C(=O)OC. The zero-order valence-electron chi connectivity index (χ0n) is 13.6. The zero-order valence-corrected chi connectivity index (χ0v) is 15.2. The highest BCUT2D eigenvalue weighted by atomic mass is 32.2. The molecule has 0 aliphatic carbocycles. The number of methoxy groups -OCH3 is 2. The Labute approximate surface area is 148 Å². The maximum atomic E-state index is 12.4. The molecule has 0 spiro atoms. The fourth-order valence-corrected chi connectivity index (χ4v) is 3.61. The minimum Gasteiger partial charge on any atom is -0.479 e. The first-order valence-corrected chi connectivity index (χ1v) is 8.14. The molecule has 0 aromatic carbocycles. The van der Waals surface area contributed by atoms with Gasteiger partial charge in [-0.2, -0.15) is 0 Å². The number of hydrogen-bond donors (Lipinski definition) is 1. The minimum atomic E-state index is -1.40. The van der Waals surface area contributed by atoms with Gasteiger partial charge in [-0.1, -0.05) is 11.8 Å². The molecule has 1 aliphatic rings. The summed E-state index contributed by atoms with van der Waals surface area (Å²) in [6.45, 7) is 2.01. The molecule has 11 heteroatoms. The lowest BCUT2D eigenvalue weighted by molar-refractivity contribution is -0.147. The first-order valence-electron chi connectivity index (χ1n) is 6.85. The van der Waals surface area contributed by atoms with Crippen molar-refractivity contribution < 1.29 is 33.4 Å². The largest absolute Gasteiger partial charge is 0.479 e. The number of imide groups is 1. The van der Waals surface area contributed by atoms with Crippen LogP contribution < -0.4 is 5.32 Å². The van der Waals surface area contributed by atoms with Crippen LogP contribution in [-0.4, -0.2) is 72.3 Å². The van der Waals surface area contributed by atoms with Crippen LogP contribution >= 0.6 is 24.0 Å². The lowest BCUT2D eigenvalue weighted by atomic mass is 9.97. The summed E-state index contributed by atoms with van der Waals surface area (Å²) in [7, 11) is 3.49. The third-order valence-corrected chi connectivity index (χ3v) is 4.74. The van der Waals surface area contributed by atoms with Gasteiger partial charge in [-0.3, -0.25) is 14.5 Å². The summed E-state index contributed by atoms with van der Waals surface area (Å²) in [5.41, 5.74) is 0. The molecule has 0 saturated carbocycles. The number of rotatable bonds is 5. The molecule has 134 valence electrons. The number of hydrogen-bond acceptors (Lipinski definition) is 9. The van der Waals surface area contributed by atoms with Crippen LogP contribution in [0, 0.1) is 5.92 Å². The number of esters is 1. The predicted octanol–water partition coefficient (Wildman–Crippen LogP) is -0.0780. The quantitative estimate of drug-likeness (QED) is 0.399. The first-order chi connectivity index (χ1) is 11.3. The smallest absolute Gasteiger partial charge is 0.407 e. The van der Waals surface area contributed by atoms with E-state index in [0.29, 0.717) is 6.61 Å². The Kier molecular flexibility index (Phi) is 7.42. The maximum Gasteiger partial charge on any atom is 0.407 e. The van der Waals surface area contributed by atoms with Gasteiger partial charge in [0.2, 0.25) is 16.2 Å². The van der Waals surface area contributed by atoms with E-state index in [1.54, 1.807) is 6.92 Å². The van der Waals surface area contributed by atoms with Crippen molar-refractivity contribution in [2.45, 2.75) is 18.2 Å². The lowest BCUT2D eigenvalue weighted by Gasteiger charge is -2.23. The van der Waals surface area contributed by atoms with Gasteiger partial charge in [-0.15, -0.1) is 0 Å². The fourth-order valence-electron chi connectivity index (χ4n) is 2.11. The molecule has 3 atom stereocenters. The average Bonchev–Trinajstić information content (AvgIpc) is 2.76. The summed E-state index contributed by atoms with van der Waals surface area (Å²) < 4.78 is 14.3. The van der Waals surface area contributed by atoms with Crippen LogP contribution in [0.3, 0.4) is 0 Å². The Morgan fingerprint density at radius 2 is 1.92 bits per heavy atom. The molecule has 1 heterocycles. The van der Waals surface area contributed by atoms with Crippen LogP contribution in [0.25, 0.3) is 0 Å². The van der Waals surface area contributed by atoms with E-state index in [1.807, 2.05) is 0 Å². The Morgan fingerprint density at radius 3 is 2.42 bits per heavy atom. The van der Waals surface area contributed by atoms with Crippen molar-refractivity contribution in [3.05, 3.63) is 0 Å². The first kappa shape index (κ1) is 20.2. The molecule has 1 fully saturated rings. The molecular formula is C13H18N2O7S2. The number of alkyl carbamates (subject to hydrolysis) is 1. The van der Waals surface area contributed by atoms with E-state index >= 15 is 0 Å². The standard InChI is InChI=1S/C13H18N2O7S2/c1-5-22-13(23)24-8-6(9(16)15(2)10(8)17)7(11(18)20-3)14-12(19)21-4/h6-8H,5H2,1-4H3,(H,14,19)/t6-,7?,8-/m1/s1. The van der Waals surface area contributed by atoms with Crippen LogP contribution in [0.4, 0.5) is 4.79 Å². The summed E-state index contributed by atoms with van der Waals surface area (Å²) in [5.74, 6) is -3.26. The second-order valence-electron chi connectivity index (χ2n) is 4.62. The summed E-state index contributed by atoms with van der Waals surface area (Å²) in [4.78, 5) is 49.1. The summed E-state index contributed by atoms with van der Waals surface area (Å²) in [5, 5.41) is 1.21. The van der Waals surface area contributed by atoms with E-state index in [2.05, 4.69) is 14.8 Å². The second-order valence-corrected chi connectivity index (χ2v) is 6.36. The highest BCUT2D eigenvalue weighted by molar-refractivity contribution is 8.23. The van der Waals surface area contributed by atoms with E-state index in [0.717, 1.165) is 30.9 Å². The van der Waals surface area contributed by atoms with Crippen LogP contribution in [0.2, 0.25) is 0 Å². The molecule has 0 bridgehead atoms. The summed E-state index contributed by atoms with van der Waals surface area (Å²) in [6.07, 6.45) is -0.934. The minimum absolute atomic E-state index is 0.0608. The average molecular weight is 378 g/mol. The van der Waals surface area contributed by atoms with E-state index in [-0.39, 0.29) is 4.38 Å². The fraction of sp³-hybridized carbons (Fsp3) is 0.615. The monoisotopic (exact) mass is 378 g/mol. The van der Waals surface area contributed by atoms with Gasteiger partial charge in [0.25, 0.3) is 0 Å². The molecular weight excluding hydrogens is 360 g/mol. The van der Waals surface area contributed by atoms with Gasteiger partial charge < -0.3 is 19.5 Å². The topological polar surface area (TPSA) is 111 Å². The van der Waals surface area contributed by atoms with Gasteiger partial charge >= 0.3 is 12.1 Å². The van der Waals surface area contributed by atoms with Gasteiger partial charge in [0.15, 0.2) is 0 Å². The number of carbonyl (C=O) groups is 4. The molecule has 1 N–H and O–H groups in total. The van der Waals surface area contributed by atoms with Gasteiger partial charge in [-0.25, -0.2) is 9.59 Å². The van der Waals surface area contributed by atoms with Crippen LogP contribution in [-0.2, 0) is 28.6 Å². The molecule has 24 heavy (non-hydrogen) atoms. The Bertz CT molecular complexity index is 554. The summed E-state index contributed by atoms with van der Waals surface area (Å²) >= 11 is 5.84. The van der Waals surface area contributed by atoms with Crippen molar-refractivity contribution in [1.29, 1.82) is 0 Å². The van der Waals surface area contributed by atoms with Crippen LogP contribution in [0.15, 0.2) is 0 Å². The number of nitrogens with zero attached hydrogens (tertiary/aromatic N) is 1. The van der Waals surface area contributed by atoms with Crippen molar-refractivity contribution in [3.63, 3.8) is 0 Å². The molecule has 1 aliphatic heterocycles. The van der Waals surface area contributed by atoms with Crippen molar-refractivity contribution in [2.24, 2.45) is 5.92 Å². The van der Waals surface area contributed by atoms with Gasteiger partial charge in [0.05, 0.1) is 26.7 Å². The van der Waals surface area contributed by atoms with Crippen LogP contribution in [0.1, 0.15) is 6.92 Å². The van der Waals surface area contributed by atoms with Crippen molar-refractivity contribution in [1.82, 2.24) is 10.2 Å². The zero-order chi connectivity index (χ0) is 18.4. The third kappa shape index (κ3) is 4.35. The van der Waals surface area contributed by atoms with E-state index in [9.17, 15) is 19.2 Å². The second kappa shape index (κ2) is 8.83. The molecule has 3 amide bonds. The van der Waals surface area contributed by atoms with Gasteiger partial charge in [-0.05, 0) is 19.1 Å². The van der Waals surface area contributed by atoms with Gasteiger partial charge in [0.1, 0.15) is 11.3 Å². The maximum absolute atomic E-state index is 12.4. The number of thioether (sulfide) groups is 1. The lowest BCUT2D eigenvalue weighted by Crippen LogP contribution is -2.51. The van der Waals surface area contributed by atoms with Crippen molar-refractivity contribution in [3.8, 4) is 0 Å². The van der Waals surface area contributed by atoms with E-state index in [1.165, 1.54) is 7.05 Å². The third-order valence-electron chi connectivity index (χ3n) is 3.27. The number of thiocarbonyl (C=S) groups is 1. The van der Waals surface area contributed by atoms with Crippen LogP contribution in [0.5, 0.6) is 0 Å². The van der Waals surface area contributed by atoms with Gasteiger partial charge in [0, 0.05) is 7.05 Å². The molecule has 1 rings (SSSR count). The highest BCUT2D eigenvalue weighted by Gasteiger charge is 2.53. The van der Waals surface area contributed by atoms with Crippen molar-refractivity contribution in [2.75, 3.05) is 27.9 Å². The van der Waals surface area contributed by atoms with Crippen molar-refractivity contribution >= 4 is 52.2 Å².